The maximum atomic E-state index is 12.5. The lowest BCUT2D eigenvalue weighted by Gasteiger charge is -2.29. The molecule has 2 aromatic rings. The molecule has 3 N–H and O–H groups in total. The molecule has 4 heteroatoms. The van der Waals surface area contributed by atoms with E-state index < -0.39 is 0 Å². The Hall–Kier alpha value is -1.65. The van der Waals surface area contributed by atoms with Gasteiger partial charge in [0.2, 0.25) is 0 Å². The number of hydrogen-bond acceptors (Lipinski definition) is 2. The van der Waals surface area contributed by atoms with E-state index in [2.05, 4.69) is 66.3 Å². The first-order valence-corrected chi connectivity index (χ1v) is 10.2. The van der Waals surface area contributed by atoms with Crippen molar-refractivity contribution in [2.24, 2.45) is 5.92 Å². The van der Waals surface area contributed by atoms with Gasteiger partial charge in [-0.3, -0.25) is 4.79 Å². The van der Waals surface area contributed by atoms with Gasteiger partial charge in [0.25, 0.3) is 5.91 Å². The normalized spacial score (nSPS) is 21.7. The summed E-state index contributed by atoms with van der Waals surface area (Å²) >= 11 is 1.75. The van der Waals surface area contributed by atoms with Gasteiger partial charge in [-0.15, -0.1) is 11.3 Å². The standard InChI is InChI=1S/C21H28N2OS/c1-15-9-11-17(12-10-15)21(19-8-5-13-25-19)22-14-20(24)23-18-7-4-3-6-16(18)2/h5,8-13,16,18,21-22H,3-4,6-7,14H2,1-2H3,(H,23,24)/p+1/t16-,18-,21+/m0/s1. The molecule has 1 aliphatic rings. The van der Waals surface area contributed by atoms with Crippen LogP contribution in [0.2, 0.25) is 0 Å². The number of amides is 1. The molecule has 3 rings (SSSR count). The number of carbonyl (C=O) groups excluding carboxylic acids is 1. The summed E-state index contributed by atoms with van der Waals surface area (Å²) in [6.45, 7) is 4.83. The van der Waals surface area contributed by atoms with Crippen LogP contribution in [0.5, 0.6) is 0 Å². The quantitative estimate of drug-likeness (QED) is 0.818. The molecular weight excluding hydrogens is 328 g/mol. The molecule has 134 valence electrons. The number of quaternary nitrogens is 1. The largest absolute Gasteiger partial charge is 0.348 e. The molecule has 1 aliphatic carbocycles. The molecule has 1 aromatic heterocycles. The lowest BCUT2D eigenvalue weighted by atomic mass is 9.86. The Morgan fingerprint density at radius 3 is 2.68 bits per heavy atom. The monoisotopic (exact) mass is 357 g/mol. The number of rotatable bonds is 6. The molecule has 0 radical (unpaired) electrons. The van der Waals surface area contributed by atoms with Crippen molar-refractivity contribution in [3.8, 4) is 0 Å². The highest BCUT2D eigenvalue weighted by molar-refractivity contribution is 7.10. The van der Waals surface area contributed by atoms with Crippen molar-refractivity contribution >= 4 is 17.2 Å². The third-order valence-corrected chi connectivity index (χ3v) is 6.24. The number of carbonyl (C=O) groups is 1. The number of hydrogen-bond donors (Lipinski definition) is 2. The summed E-state index contributed by atoms with van der Waals surface area (Å²) in [6.07, 6.45) is 4.89. The number of aryl methyl sites for hydroxylation is 1. The molecule has 0 spiro atoms. The lowest BCUT2D eigenvalue weighted by molar-refractivity contribution is -0.676. The predicted molar refractivity (Wildman–Crippen MR) is 104 cm³/mol. The molecule has 25 heavy (non-hydrogen) atoms. The van der Waals surface area contributed by atoms with Gasteiger partial charge in [-0.2, -0.15) is 0 Å². The average molecular weight is 358 g/mol. The molecular formula is C21H29N2OS+. The summed E-state index contributed by atoms with van der Waals surface area (Å²) < 4.78 is 0. The van der Waals surface area contributed by atoms with Crippen LogP contribution in [0.25, 0.3) is 0 Å². The third kappa shape index (κ3) is 4.93. The van der Waals surface area contributed by atoms with E-state index in [-0.39, 0.29) is 11.9 Å². The van der Waals surface area contributed by atoms with Crippen molar-refractivity contribution in [1.82, 2.24) is 5.32 Å². The molecule has 3 nitrogen and oxygen atoms in total. The fraction of sp³-hybridized carbons (Fsp3) is 0.476. The van der Waals surface area contributed by atoms with E-state index in [1.807, 2.05) is 0 Å². The van der Waals surface area contributed by atoms with Crippen LogP contribution in [-0.2, 0) is 4.79 Å². The molecule has 1 aromatic carbocycles. The lowest BCUT2D eigenvalue weighted by Crippen LogP contribution is -2.87. The molecule has 0 bridgehead atoms. The van der Waals surface area contributed by atoms with Crippen LogP contribution in [0, 0.1) is 12.8 Å². The van der Waals surface area contributed by atoms with E-state index in [1.165, 1.54) is 35.3 Å². The minimum absolute atomic E-state index is 0.160. The smallest absolute Gasteiger partial charge is 0.275 e. The topological polar surface area (TPSA) is 45.7 Å². The summed E-state index contributed by atoms with van der Waals surface area (Å²) in [7, 11) is 0. The Kier molecular flexibility index (Phi) is 6.27. The first-order valence-electron chi connectivity index (χ1n) is 9.36. The van der Waals surface area contributed by atoms with Crippen molar-refractivity contribution in [2.75, 3.05) is 6.54 Å². The zero-order valence-electron chi connectivity index (χ0n) is 15.2. The molecule has 0 saturated heterocycles. The van der Waals surface area contributed by atoms with Gasteiger partial charge < -0.3 is 10.6 Å². The second kappa shape index (κ2) is 8.63. The van der Waals surface area contributed by atoms with E-state index >= 15 is 0 Å². The minimum atomic E-state index is 0.160. The zero-order chi connectivity index (χ0) is 17.6. The van der Waals surface area contributed by atoms with Gasteiger partial charge in [0.05, 0.1) is 4.88 Å². The highest BCUT2D eigenvalue weighted by Gasteiger charge is 2.25. The Balaban J connectivity index is 1.62. The van der Waals surface area contributed by atoms with Gasteiger partial charge >= 0.3 is 0 Å². The summed E-state index contributed by atoms with van der Waals surface area (Å²) in [4.78, 5) is 13.8. The maximum Gasteiger partial charge on any atom is 0.275 e. The van der Waals surface area contributed by atoms with Gasteiger partial charge in [-0.25, -0.2) is 0 Å². The molecule has 3 atom stereocenters. The molecule has 1 fully saturated rings. The van der Waals surface area contributed by atoms with E-state index in [4.69, 9.17) is 0 Å². The second-order valence-electron chi connectivity index (χ2n) is 7.28. The number of thiophene rings is 1. The molecule has 1 heterocycles. The van der Waals surface area contributed by atoms with Crippen LogP contribution in [0.15, 0.2) is 41.8 Å². The Labute approximate surface area is 154 Å². The van der Waals surface area contributed by atoms with Crippen LogP contribution in [-0.4, -0.2) is 18.5 Å². The molecule has 1 saturated carbocycles. The summed E-state index contributed by atoms with van der Waals surface area (Å²) in [5.74, 6) is 0.760. The van der Waals surface area contributed by atoms with Gasteiger partial charge in [-0.1, -0.05) is 55.7 Å². The van der Waals surface area contributed by atoms with Crippen LogP contribution in [0.1, 0.15) is 54.7 Å². The fourth-order valence-corrected chi connectivity index (χ4v) is 4.53. The Morgan fingerprint density at radius 2 is 2.00 bits per heavy atom. The van der Waals surface area contributed by atoms with Crippen LogP contribution < -0.4 is 10.6 Å². The van der Waals surface area contributed by atoms with Crippen molar-refractivity contribution in [2.45, 2.75) is 51.6 Å². The number of benzene rings is 1. The molecule has 0 aliphatic heterocycles. The van der Waals surface area contributed by atoms with Crippen molar-refractivity contribution < 1.29 is 10.1 Å². The minimum Gasteiger partial charge on any atom is -0.348 e. The summed E-state index contributed by atoms with van der Waals surface area (Å²) in [5, 5.41) is 7.53. The number of nitrogens with one attached hydrogen (secondary N) is 1. The van der Waals surface area contributed by atoms with E-state index in [1.54, 1.807) is 11.3 Å². The van der Waals surface area contributed by atoms with Crippen molar-refractivity contribution in [3.63, 3.8) is 0 Å². The molecule has 0 unspecified atom stereocenters. The first kappa shape index (κ1) is 18.2. The predicted octanol–water partition coefficient (Wildman–Crippen LogP) is 3.40. The van der Waals surface area contributed by atoms with E-state index in [9.17, 15) is 4.79 Å². The van der Waals surface area contributed by atoms with Gasteiger partial charge in [0, 0.05) is 11.6 Å². The van der Waals surface area contributed by atoms with Crippen LogP contribution in [0.4, 0.5) is 0 Å². The SMILES string of the molecule is Cc1ccc([C@@H]([NH2+]CC(=O)N[C@H]2CCCC[C@@H]2C)c2cccs2)cc1. The fourth-order valence-electron chi connectivity index (χ4n) is 3.68. The maximum absolute atomic E-state index is 12.5. The van der Waals surface area contributed by atoms with Gasteiger partial charge in [-0.05, 0) is 37.1 Å². The molecule has 1 amide bonds. The average Bonchev–Trinajstić information content (AvgIpc) is 3.13. The zero-order valence-corrected chi connectivity index (χ0v) is 16.0. The van der Waals surface area contributed by atoms with Gasteiger partial charge in [0.15, 0.2) is 6.54 Å². The van der Waals surface area contributed by atoms with Crippen molar-refractivity contribution in [1.29, 1.82) is 0 Å². The van der Waals surface area contributed by atoms with Crippen molar-refractivity contribution in [3.05, 3.63) is 57.8 Å². The Bertz CT molecular complexity index is 666. The van der Waals surface area contributed by atoms with E-state index in [0.29, 0.717) is 18.5 Å². The third-order valence-electron chi connectivity index (χ3n) is 5.28. The second-order valence-corrected chi connectivity index (χ2v) is 8.26. The number of nitrogens with two attached hydrogens (primary N) is 1. The van der Waals surface area contributed by atoms with Crippen LogP contribution in [0.3, 0.4) is 0 Å². The highest BCUT2D eigenvalue weighted by Crippen LogP contribution is 2.24. The van der Waals surface area contributed by atoms with Crippen LogP contribution >= 0.6 is 11.3 Å². The Morgan fingerprint density at radius 1 is 1.24 bits per heavy atom. The van der Waals surface area contributed by atoms with Gasteiger partial charge in [0.1, 0.15) is 6.04 Å². The summed E-state index contributed by atoms with van der Waals surface area (Å²) in [6, 6.07) is 13.4. The highest BCUT2D eigenvalue weighted by atomic mass is 32.1. The summed E-state index contributed by atoms with van der Waals surface area (Å²) in [5.41, 5.74) is 2.52. The van der Waals surface area contributed by atoms with E-state index in [0.717, 1.165) is 6.42 Å². The first-order chi connectivity index (χ1) is 12.1.